The van der Waals surface area contributed by atoms with Crippen LogP contribution in [0.25, 0.3) is 0 Å². The lowest BCUT2D eigenvalue weighted by Crippen LogP contribution is -1.92. The van der Waals surface area contributed by atoms with E-state index in [0.29, 0.717) is 17.1 Å². The molecule has 0 fully saturated rings. The summed E-state index contributed by atoms with van der Waals surface area (Å²) in [4.78, 5) is 0. The highest BCUT2D eigenvalue weighted by Crippen LogP contribution is 2.29. The highest BCUT2D eigenvalue weighted by molar-refractivity contribution is 5.48. The van der Waals surface area contributed by atoms with Crippen molar-refractivity contribution in [3.8, 4) is 17.6 Å². The Bertz CT molecular complexity index is 629. The minimum Gasteiger partial charge on any atom is -0.456 e. The van der Waals surface area contributed by atoms with E-state index in [0.717, 1.165) is 11.1 Å². The molecule has 0 heterocycles. The summed E-state index contributed by atoms with van der Waals surface area (Å²) in [7, 11) is 0. The minimum atomic E-state index is -0.359. The summed E-state index contributed by atoms with van der Waals surface area (Å²) in [6.45, 7) is 3.74. The van der Waals surface area contributed by atoms with Crippen LogP contribution in [0.4, 0.5) is 4.39 Å². The average molecular weight is 241 g/mol. The molecule has 18 heavy (non-hydrogen) atoms. The van der Waals surface area contributed by atoms with Crippen molar-refractivity contribution in [1.82, 2.24) is 0 Å². The van der Waals surface area contributed by atoms with Crippen molar-refractivity contribution in [3.05, 3.63) is 58.9 Å². The maximum Gasteiger partial charge on any atom is 0.145 e. The smallest absolute Gasteiger partial charge is 0.145 e. The Hall–Kier alpha value is -2.34. The van der Waals surface area contributed by atoms with Crippen molar-refractivity contribution >= 4 is 0 Å². The van der Waals surface area contributed by atoms with Crippen LogP contribution in [0.1, 0.15) is 16.7 Å². The van der Waals surface area contributed by atoms with Crippen molar-refractivity contribution in [1.29, 1.82) is 5.26 Å². The lowest BCUT2D eigenvalue weighted by molar-refractivity contribution is 0.471. The van der Waals surface area contributed by atoms with Crippen LogP contribution in [-0.2, 0) is 0 Å². The summed E-state index contributed by atoms with van der Waals surface area (Å²) in [5.41, 5.74) is 2.24. The molecule has 0 saturated heterocycles. The molecule has 0 saturated carbocycles. The third-order valence-corrected chi connectivity index (χ3v) is 2.63. The van der Waals surface area contributed by atoms with E-state index in [4.69, 9.17) is 10.00 Å². The number of rotatable bonds is 2. The predicted octanol–water partition coefficient (Wildman–Crippen LogP) is 4.11. The molecule has 2 aromatic rings. The lowest BCUT2D eigenvalue weighted by atomic mass is 10.1. The summed E-state index contributed by atoms with van der Waals surface area (Å²) < 4.78 is 18.8. The van der Waals surface area contributed by atoms with E-state index in [9.17, 15) is 4.39 Å². The Morgan fingerprint density at radius 1 is 1.06 bits per heavy atom. The van der Waals surface area contributed by atoms with Gasteiger partial charge >= 0.3 is 0 Å². The Morgan fingerprint density at radius 2 is 1.83 bits per heavy atom. The van der Waals surface area contributed by atoms with Gasteiger partial charge in [0.05, 0.1) is 5.56 Å². The molecule has 0 bridgehead atoms. The third kappa shape index (κ3) is 2.49. The number of halogens is 1. The standard InChI is InChI=1S/C15H12FNO/c1-10-3-5-12(9-17)15(7-10)18-14-8-13(16)6-4-11(14)2/h3-8H,1-2H3. The van der Waals surface area contributed by atoms with Gasteiger partial charge in [0.15, 0.2) is 0 Å². The molecule has 0 amide bonds. The van der Waals surface area contributed by atoms with Crippen LogP contribution >= 0.6 is 0 Å². The Balaban J connectivity index is 2.43. The van der Waals surface area contributed by atoms with Crippen LogP contribution in [0, 0.1) is 31.0 Å². The summed E-state index contributed by atoms with van der Waals surface area (Å²) >= 11 is 0. The van der Waals surface area contributed by atoms with Crippen molar-refractivity contribution < 1.29 is 9.13 Å². The number of aryl methyl sites for hydroxylation is 2. The van der Waals surface area contributed by atoms with Crippen molar-refractivity contribution in [2.24, 2.45) is 0 Å². The van der Waals surface area contributed by atoms with Crippen LogP contribution in [0.5, 0.6) is 11.5 Å². The highest BCUT2D eigenvalue weighted by Gasteiger charge is 2.08. The van der Waals surface area contributed by atoms with Crippen LogP contribution in [-0.4, -0.2) is 0 Å². The zero-order chi connectivity index (χ0) is 13.1. The maximum absolute atomic E-state index is 13.2. The fourth-order valence-corrected chi connectivity index (χ4v) is 1.61. The summed E-state index contributed by atoms with van der Waals surface area (Å²) in [6, 6.07) is 11.7. The van der Waals surface area contributed by atoms with Crippen molar-refractivity contribution in [2.45, 2.75) is 13.8 Å². The molecule has 3 heteroatoms. The van der Waals surface area contributed by atoms with Gasteiger partial charge in [-0.05, 0) is 43.2 Å². The molecule has 0 spiro atoms. The molecular weight excluding hydrogens is 229 g/mol. The van der Waals surface area contributed by atoms with E-state index < -0.39 is 0 Å². The molecule has 2 aromatic carbocycles. The molecule has 2 nitrogen and oxygen atoms in total. The van der Waals surface area contributed by atoms with Gasteiger partial charge < -0.3 is 4.74 Å². The Labute approximate surface area is 105 Å². The molecule has 90 valence electrons. The quantitative estimate of drug-likeness (QED) is 0.792. The highest BCUT2D eigenvalue weighted by atomic mass is 19.1. The molecular formula is C15H12FNO. The molecule has 0 radical (unpaired) electrons. The minimum absolute atomic E-state index is 0.359. The molecule has 0 aliphatic carbocycles. The van der Waals surface area contributed by atoms with Crippen LogP contribution < -0.4 is 4.74 Å². The number of benzene rings is 2. The normalized spacial score (nSPS) is 9.89. The summed E-state index contributed by atoms with van der Waals surface area (Å²) in [6.07, 6.45) is 0. The molecule has 2 rings (SSSR count). The Morgan fingerprint density at radius 3 is 2.56 bits per heavy atom. The molecule has 0 aromatic heterocycles. The van der Waals surface area contributed by atoms with Crippen molar-refractivity contribution in [3.63, 3.8) is 0 Å². The Kier molecular flexibility index (Phi) is 3.29. The molecule has 0 atom stereocenters. The van der Waals surface area contributed by atoms with E-state index >= 15 is 0 Å². The lowest BCUT2D eigenvalue weighted by Gasteiger charge is -2.10. The first kappa shape index (κ1) is 12.1. The van der Waals surface area contributed by atoms with Gasteiger partial charge in [0.25, 0.3) is 0 Å². The molecule has 0 N–H and O–H groups in total. The third-order valence-electron chi connectivity index (χ3n) is 2.63. The average Bonchev–Trinajstić information content (AvgIpc) is 2.34. The van der Waals surface area contributed by atoms with Crippen LogP contribution in [0.2, 0.25) is 0 Å². The van der Waals surface area contributed by atoms with E-state index in [2.05, 4.69) is 6.07 Å². The number of hydrogen-bond acceptors (Lipinski definition) is 2. The van der Waals surface area contributed by atoms with Gasteiger partial charge in [0.1, 0.15) is 23.4 Å². The largest absolute Gasteiger partial charge is 0.456 e. The molecule has 0 aliphatic heterocycles. The second kappa shape index (κ2) is 4.89. The van der Waals surface area contributed by atoms with Gasteiger partial charge in [-0.2, -0.15) is 5.26 Å². The number of hydrogen-bond donors (Lipinski definition) is 0. The summed E-state index contributed by atoms with van der Waals surface area (Å²) in [5, 5.41) is 9.01. The first-order valence-electron chi connectivity index (χ1n) is 5.55. The number of ether oxygens (including phenoxy) is 1. The first-order chi connectivity index (χ1) is 8.60. The fourth-order valence-electron chi connectivity index (χ4n) is 1.61. The SMILES string of the molecule is Cc1ccc(C#N)c(Oc2cc(F)ccc2C)c1. The van der Waals surface area contributed by atoms with E-state index in [1.807, 2.05) is 19.9 Å². The monoisotopic (exact) mass is 241 g/mol. The van der Waals surface area contributed by atoms with Gasteiger partial charge in [-0.15, -0.1) is 0 Å². The van der Waals surface area contributed by atoms with Crippen LogP contribution in [0.3, 0.4) is 0 Å². The second-order valence-electron chi connectivity index (χ2n) is 4.12. The number of nitriles is 1. The zero-order valence-corrected chi connectivity index (χ0v) is 10.2. The summed E-state index contributed by atoms with van der Waals surface area (Å²) in [5.74, 6) is 0.519. The zero-order valence-electron chi connectivity index (χ0n) is 10.2. The molecule has 0 unspecified atom stereocenters. The maximum atomic E-state index is 13.2. The van der Waals surface area contributed by atoms with Gasteiger partial charge in [0, 0.05) is 6.07 Å². The second-order valence-corrected chi connectivity index (χ2v) is 4.12. The van der Waals surface area contributed by atoms with Gasteiger partial charge in [-0.3, -0.25) is 0 Å². The predicted molar refractivity (Wildman–Crippen MR) is 67.1 cm³/mol. The van der Waals surface area contributed by atoms with Gasteiger partial charge in [0.2, 0.25) is 0 Å². The first-order valence-corrected chi connectivity index (χ1v) is 5.55. The van der Waals surface area contributed by atoms with E-state index in [1.54, 1.807) is 18.2 Å². The van der Waals surface area contributed by atoms with Crippen molar-refractivity contribution in [2.75, 3.05) is 0 Å². The molecule has 0 aliphatic rings. The fraction of sp³-hybridized carbons (Fsp3) is 0.133. The van der Waals surface area contributed by atoms with E-state index in [1.165, 1.54) is 12.1 Å². The number of nitrogens with zero attached hydrogens (tertiary/aromatic N) is 1. The topological polar surface area (TPSA) is 33.0 Å². The van der Waals surface area contributed by atoms with Gasteiger partial charge in [-0.1, -0.05) is 12.1 Å². The van der Waals surface area contributed by atoms with Gasteiger partial charge in [-0.25, -0.2) is 4.39 Å². The van der Waals surface area contributed by atoms with Crippen LogP contribution in [0.15, 0.2) is 36.4 Å². The van der Waals surface area contributed by atoms with E-state index in [-0.39, 0.29) is 5.82 Å².